The van der Waals surface area contributed by atoms with E-state index in [0.29, 0.717) is 27.9 Å². The van der Waals surface area contributed by atoms with Gasteiger partial charge in [0.05, 0.1) is 37.4 Å². The van der Waals surface area contributed by atoms with E-state index >= 15 is 0 Å². The molecule has 0 amide bonds. The Kier molecular flexibility index (Phi) is 5.76. The summed E-state index contributed by atoms with van der Waals surface area (Å²) in [6.07, 6.45) is 0.440. The lowest BCUT2D eigenvalue weighted by Gasteiger charge is -2.28. The number of carboxylic acids is 1. The van der Waals surface area contributed by atoms with Crippen molar-refractivity contribution >= 4 is 28.0 Å². The van der Waals surface area contributed by atoms with Crippen LogP contribution >= 0.6 is 0 Å². The molecule has 180 valence electrons. The second kappa shape index (κ2) is 8.32. The zero-order valence-corrected chi connectivity index (χ0v) is 18.9. The molecule has 0 fully saturated rings. The van der Waals surface area contributed by atoms with Crippen molar-refractivity contribution in [3.8, 4) is 11.4 Å². The molecule has 34 heavy (non-hydrogen) atoms. The van der Waals surface area contributed by atoms with E-state index in [1.165, 1.54) is 38.6 Å². The maximum absolute atomic E-state index is 14.6. The van der Waals surface area contributed by atoms with Crippen LogP contribution in [0.25, 0.3) is 27.8 Å². The van der Waals surface area contributed by atoms with Gasteiger partial charge in [0.25, 0.3) is 0 Å². The smallest absolute Gasteiger partial charge is 0.374 e. The Labute approximate surface area is 192 Å². The second-order valence-electron chi connectivity index (χ2n) is 8.65. The van der Waals surface area contributed by atoms with Crippen LogP contribution in [0.1, 0.15) is 25.1 Å². The summed E-state index contributed by atoms with van der Waals surface area (Å²) in [4.78, 5) is 15.9. The first-order valence-corrected chi connectivity index (χ1v) is 10.3. The van der Waals surface area contributed by atoms with E-state index in [9.17, 15) is 18.0 Å². The number of methoxy groups -OCH3 is 2. The number of aromatic nitrogens is 4. The van der Waals surface area contributed by atoms with Gasteiger partial charge in [0.15, 0.2) is 17.2 Å². The number of pyridine rings is 1. The number of rotatable bonds is 8. The highest BCUT2D eigenvalue weighted by Gasteiger charge is 2.43. The van der Waals surface area contributed by atoms with E-state index in [1.807, 2.05) is 0 Å². The van der Waals surface area contributed by atoms with Crippen molar-refractivity contribution in [3.05, 3.63) is 47.5 Å². The van der Waals surface area contributed by atoms with Gasteiger partial charge in [-0.05, 0) is 18.2 Å². The molecule has 0 bridgehead atoms. The van der Waals surface area contributed by atoms with Crippen LogP contribution in [0.5, 0.6) is 5.75 Å². The van der Waals surface area contributed by atoms with E-state index in [1.54, 1.807) is 24.5 Å². The van der Waals surface area contributed by atoms with Gasteiger partial charge in [0, 0.05) is 40.9 Å². The monoisotopic (exact) mass is 476 g/mol. The summed E-state index contributed by atoms with van der Waals surface area (Å²) in [5, 5.41) is 16.4. The molecule has 4 rings (SSSR count). The first-order valence-electron chi connectivity index (χ1n) is 10.3. The van der Waals surface area contributed by atoms with Gasteiger partial charge in [-0.2, -0.15) is 13.9 Å². The molecule has 0 spiro atoms. The predicted molar refractivity (Wildman–Crippen MR) is 118 cm³/mol. The fraction of sp³-hybridized carbons (Fsp3) is 0.348. The van der Waals surface area contributed by atoms with Gasteiger partial charge in [-0.15, -0.1) is 0 Å². The highest BCUT2D eigenvalue weighted by Crippen LogP contribution is 2.40. The fourth-order valence-corrected chi connectivity index (χ4v) is 4.29. The number of aliphatic carboxylic acids is 1. The number of carbonyl (C=O) groups is 1. The van der Waals surface area contributed by atoms with Crippen molar-refractivity contribution in [2.24, 2.45) is 0 Å². The molecule has 0 aliphatic heterocycles. The Bertz CT molecular complexity index is 1390. The lowest BCUT2D eigenvalue weighted by Crippen LogP contribution is -2.34. The number of aromatic amines is 1. The molecule has 4 aromatic rings. The Morgan fingerprint density at radius 3 is 2.62 bits per heavy atom. The molecule has 1 aromatic carbocycles. The molecule has 0 aliphatic carbocycles. The van der Waals surface area contributed by atoms with Gasteiger partial charge >= 0.3 is 11.9 Å². The van der Waals surface area contributed by atoms with Crippen molar-refractivity contribution in [2.75, 3.05) is 20.8 Å². The molecule has 0 unspecified atom stereocenters. The van der Waals surface area contributed by atoms with Crippen LogP contribution in [0.2, 0.25) is 0 Å². The Hall–Kier alpha value is -3.60. The molecule has 0 atom stereocenters. The third-order valence-corrected chi connectivity index (χ3v) is 5.69. The zero-order valence-electron chi connectivity index (χ0n) is 18.9. The van der Waals surface area contributed by atoms with E-state index in [4.69, 9.17) is 14.6 Å². The van der Waals surface area contributed by atoms with Gasteiger partial charge in [-0.1, -0.05) is 13.8 Å². The molecular weight excluding hydrogens is 453 g/mol. The van der Waals surface area contributed by atoms with Crippen LogP contribution in [0.3, 0.4) is 0 Å². The number of fused-ring (bicyclic) bond motifs is 2. The first-order chi connectivity index (χ1) is 16.0. The first kappa shape index (κ1) is 23.6. The molecule has 0 radical (unpaired) electrons. The van der Waals surface area contributed by atoms with Gasteiger partial charge in [0.1, 0.15) is 0 Å². The van der Waals surface area contributed by atoms with Crippen LogP contribution in [0.4, 0.5) is 13.2 Å². The zero-order chi connectivity index (χ0) is 24.8. The Morgan fingerprint density at radius 1 is 1.24 bits per heavy atom. The summed E-state index contributed by atoms with van der Waals surface area (Å²) in [6, 6.07) is 5.86. The lowest BCUT2D eigenvalue weighted by molar-refractivity contribution is -0.164. The highest BCUT2D eigenvalue weighted by molar-refractivity contribution is 5.94. The van der Waals surface area contributed by atoms with Gasteiger partial charge in [0.2, 0.25) is 0 Å². The van der Waals surface area contributed by atoms with Crippen molar-refractivity contribution < 1.29 is 32.5 Å². The fourth-order valence-electron chi connectivity index (χ4n) is 4.29. The minimum atomic E-state index is -4.05. The van der Waals surface area contributed by atoms with Gasteiger partial charge in [-0.25, -0.2) is 14.2 Å². The van der Waals surface area contributed by atoms with Crippen LogP contribution in [0, 0.1) is 5.82 Å². The molecule has 0 saturated heterocycles. The summed E-state index contributed by atoms with van der Waals surface area (Å²) < 4.78 is 55.5. The minimum Gasteiger partial charge on any atom is -0.494 e. The van der Waals surface area contributed by atoms with Gasteiger partial charge < -0.3 is 19.1 Å². The quantitative estimate of drug-likeness (QED) is 0.395. The standard InChI is InChI=1S/C23H23F3N4O4/c1-22(2,11-33-3)19-14(9-23(25,26)21(31)32)18-16(7-12-10-27-29-20(12)28-18)30(19)13-5-6-15(24)17(8-13)34-4/h5-8,10H,9,11H2,1-4H3,(H,31,32)(H,27,28,29). The van der Waals surface area contributed by atoms with E-state index in [0.717, 1.165) is 0 Å². The van der Waals surface area contributed by atoms with Crippen molar-refractivity contribution in [1.82, 2.24) is 19.7 Å². The van der Waals surface area contributed by atoms with Crippen LogP contribution in [0.15, 0.2) is 30.5 Å². The number of halogens is 3. The Balaban J connectivity index is 2.16. The molecule has 0 aliphatic rings. The number of hydrogen-bond acceptors (Lipinski definition) is 5. The van der Waals surface area contributed by atoms with Gasteiger partial charge in [-0.3, -0.25) is 5.10 Å². The van der Waals surface area contributed by atoms with Crippen LogP contribution in [-0.2, 0) is 21.4 Å². The number of alkyl halides is 2. The van der Waals surface area contributed by atoms with Crippen molar-refractivity contribution in [3.63, 3.8) is 0 Å². The SMILES string of the molecule is COCC(C)(C)c1c(CC(F)(F)C(=O)O)c2nc3[nH]ncc3cc2n1-c1ccc(F)c(OC)c1. The number of hydrogen-bond donors (Lipinski definition) is 2. The Morgan fingerprint density at radius 2 is 1.97 bits per heavy atom. The third kappa shape index (κ3) is 3.85. The molecule has 11 heteroatoms. The summed E-state index contributed by atoms with van der Waals surface area (Å²) in [5.74, 6) is -6.92. The highest BCUT2D eigenvalue weighted by atomic mass is 19.3. The van der Waals surface area contributed by atoms with E-state index < -0.39 is 29.5 Å². The number of nitrogens with zero attached hydrogens (tertiary/aromatic N) is 3. The van der Waals surface area contributed by atoms with E-state index in [-0.39, 0.29) is 23.4 Å². The average Bonchev–Trinajstić information content (AvgIpc) is 3.34. The number of nitrogens with one attached hydrogen (secondary N) is 1. The number of carboxylic acid groups (broad SMARTS) is 1. The van der Waals surface area contributed by atoms with Crippen molar-refractivity contribution in [1.29, 1.82) is 0 Å². The summed E-state index contributed by atoms with van der Waals surface area (Å²) in [5.41, 5.74) is 0.941. The molecule has 3 aromatic heterocycles. The van der Waals surface area contributed by atoms with Crippen LogP contribution in [-0.4, -0.2) is 57.6 Å². The minimum absolute atomic E-state index is 0.0374. The lowest BCUT2D eigenvalue weighted by atomic mass is 9.85. The third-order valence-electron chi connectivity index (χ3n) is 5.69. The molecule has 0 saturated carbocycles. The maximum atomic E-state index is 14.6. The number of H-pyrrole nitrogens is 1. The topological polar surface area (TPSA) is 102 Å². The van der Waals surface area contributed by atoms with Crippen LogP contribution < -0.4 is 4.74 Å². The summed E-state index contributed by atoms with van der Waals surface area (Å²) >= 11 is 0. The van der Waals surface area contributed by atoms with E-state index in [2.05, 4.69) is 15.2 Å². The summed E-state index contributed by atoms with van der Waals surface area (Å²) in [7, 11) is 2.80. The second-order valence-corrected chi connectivity index (χ2v) is 8.65. The predicted octanol–water partition coefficient (Wildman–Crippen LogP) is 4.24. The molecule has 8 nitrogen and oxygen atoms in total. The maximum Gasteiger partial charge on any atom is 0.374 e. The number of ether oxygens (including phenoxy) is 2. The largest absolute Gasteiger partial charge is 0.494 e. The van der Waals surface area contributed by atoms with Crippen molar-refractivity contribution in [2.45, 2.75) is 31.6 Å². The average molecular weight is 476 g/mol. The molecular formula is C23H23F3N4O4. The molecule has 2 N–H and O–H groups in total. The normalized spacial score (nSPS) is 12.6. The number of benzene rings is 1. The molecule has 3 heterocycles. The summed E-state index contributed by atoms with van der Waals surface area (Å²) in [6.45, 7) is 3.71.